The molecular weight excluding hydrogens is 218 g/mol. The Hall–Kier alpha value is -2.30. The number of amides is 1. The van der Waals surface area contributed by atoms with Crippen LogP contribution in [-0.2, 0) is 4.79 Å². The van der Waals surface area contributed by atoms with Crippen LogP contribution in [0.3, 0.4) is 0 Å². The number of benzene rings is 1. The number of nitrogens with one attached hydrogen (secondary N) is 2. The number of rotatable bonds is 2. The molecule has 1 aromatic carbocycles. The Morgan fingerprint density at radius 3 is 3.12 bits per heavy atom. The van der Waals surface area contributed by atoms with Gasteiger partial charge in [0.05, 0.1) is 0 Å². The van der Waals surface area contributed by atoms with Gasteiger partial charge in [-0.2, -0.15) is 5.10 Å². The Balaban J connectivity index is 1.80. The van der Waals surface area contributed by atoms with Gasteiger partial charge in [-0.3, -0.25) is 9.89 Å². The minimum Gasteiger partial charge on any atom is -0.492 e. The van der Waals surface area contributed by atoms with Crippen LogP contribution in [0.1, 0.15) is 11.5 Å². The van der Waals surface area contributed by atoms with Crippen LogP contribution in [-0.4, -0.2) is 22.7 Å². The van der Waals surface area contributed by atoms with Crippen LogP contribution < -0.4 is 10.1 Å². The number of nitrogens with zero attached hydrogens (tertiary/aromatic N) is 1. The Morgan fingerprint density at radius 2 is 2.29 bits per heavy atom. The van der Waals surface area contributed by atoms with Gasteiger partial charge < -0.3 is 10.1 Å². The molecule has 1 unspecified atom stereocenters. The molecule has 0 saturated carbocycles. The summed E-state index contributed by atoms with van der Waals surface area (Å²) in [4.78, 5) is 12.0. The van der Waals surface area contributed by atoms with Gasteiger partial charge in [0, 0.05) is 17.8 Å². The molecule has 5 nitrogen and oxygen atoms in total. The number of fused-ring (bicyclic) bond motifs is 1. The number of carbonyl (C=O) groups is 1. The molecule has 2 N–H and O–H groups in total. The number of H-pyrrole nitrogens is 1. The fourth-order valence-corrected chi connectivity index (χ4v) is 1.92. The SMILES string of the molecule is O=C(Nc1cc[nH]n1)C1COc2ccccc21. The van der Waals surface area contributed by atoms with E-state index in [1.54, 1.807) is 12.3 Å². The monoisotopic (exact) mass is 229 g/mol. The van der Waals surface area contributed by atoms with Gasteiger partial charge in [0.2, 0.25) is 5.91 Å². The van der Waals surface area contributed by atoms with Crippen molar-refractivity contribution in [1.29, 1.82) is 0 Å². The Kier molecular flexibility index (Phi) is 2.29. The first-order valence-corrected chi connectivity index (χ1v) is 5.37. The standard InChI is InChI=1S/C12H11N3O2/c16-12(14-11-5-6-13-15-11)9-7-17-10-4-2-1-3-8(9)10/h1-6,9H,7H2,(H2,13,14,15,16). The molecule has 1 aromatic heterocycles. The quantitative estimate of drug-likeness (QED) is 0.820. The number of aromatic amines is 1. The summed E-state index contributed by atoms with van der Waals surface area (Å²) in [6.45, 7) is 0.385. The highest BCUT2D eigenvalue weighted by atomic mass is 16.5. The molecule has 1 amide bonds. The fraction of sp³-hybridized carbons (Fsp3) is 0.167. The topological polar surface area (TPSA) is 67.0 Å². The highest BCUT2D eigenvalue weighted by molar-refractivity contribution is 5.96. The molecule has 0 radical (unpaired) electrons. The van der Waals surface area contributed by atoms with E-state index in [0.717, 1.165) is 11.3 Å². The minimum atomic E-state index is -0.261. The average Bonchev–Trinajstić information content (AvgIpc) is 2.96. The van der Waals surface area contributed by atoms with Gasteiger partial charge in [-0.05, 0) is 6.07 Å². The third-order valence-corrected chi connectivity index (χ3v) is 2.77. The summed E-state index contributed by atoms with van der Waals surface area (Å²) in [7, 11) is 0. The van der Waals surface area contributed by atoms with Crippen molar-refractivity contribution < 1.29 is 9.53 Å². The smallest absolute Gasteiger partial charge is 0.236 e. The Labute approximate surface area is 97.8 Å². The van der Waals surface area contributed by atoms with Gasteiger partial charge in [0.1, 0.15) is 18.3 Å². The zero-order valence-electron chi connectivity index (χ0n) is 9.01. The highest BCUT2D eigenvalue weighted by Crippen LogP contribution is 2.33. The first-order valence-electron chi connectivity index (χ1n) is 5.37. The third-order valence-electron chi connectivity index (χ3n) is 2.77. The first kappa shape index (κ1) is 9.89. The van der Waals surface area contributed by atoms with Crippen LogP contribution in [0.5, 0.6) is 5.75 Å². The zero-order valence-corrected chi connectivity index (χ0v) is 9.01. The molecule has 0 fully saturated rings. The molecule has 1 atom stereocenters. The third kappa shape index (κ3) is 1.75. The van der Waals surface area contributed by atoms with Crippen molar-refractivity contribution in [2.45, 2.75) is 5.92 Å². The molecular formula is C12H11N3O2. The van der Waals surface area contributed by atoms with Crippen LogP contribution in [0.25, 0.3) is 0 Å². The number of aromatic nitrogens is 2. The summed E-state index contributed by atoms with van der Waals surface area (Å²) < 4.78 is 5.46. The number of carbonyl (C=O) groups excluding carboxylic acids is 1. The van der Waals surface area contributed by atoms with E-state index in [4.69, 9.17) is 4.74 Å². The molecule has 0 bridgehead atoms. The van der Waals surface area contributed by atoms with E-state index in [9.17, 15) is 4.79 Å². The van der Waals surface area contributed by atoms with Crippen LogP contribution in [0.4, 0.5) is 5.82 Å². The molecule has 1 aliphatic heterocycles. The predicted molar refractivity (Wildman–Crippen MR) is 61.9 cm³/mol. The second-order valence-corrected chi connectivity index (χ2v) is 3.85. The van der Waals surface area contributed by atoms with Crippen molar-refractivity contribution in [2.75, 3.05) is 11.9 Å². The maximum Gasteiger partial charge on any atom is 0.236 e. The maximum absolute atomic E-state index is 12.0. The molecule has 0 saturated heterocycles. The molecule has 5 heteroatoms. The van der Waals surface area contributed by atoms with Crippen LogP contribution in [0.2, 0.25) is 0 Å². The second-order valence-electron chi connectivity index (χ2n) is 3.85. The number of hydrogen-bond acceptors (Lipinski definition) is 3. The Morgan fingerprint density at radius 1 is 1.41 bits per heavy atom. The van der Waals surface area contributed by atoms with Gasteiger partial charge in [-0.25, -0.2) is 0 Å². The van der Waals surface area contributed by atoms with Crippen molar-refractivity contribution in [1.82, 2.24) is 10.2 Å². The van der Waals surface area contributed by atoms with Crippen LogP contribution >= 0.6 is 0 Å². The largest absolute Gasteiger partial charge is 0.492 e. The lowest BCUT2D eigenvalue weighted by Gasteiger charge is -2.07. The van der Waals surface area contributed by atoms with Gasteiger partial charge in [0.25, 0.3) is 0 Å². The van der Waals surface area contributed by atoms with Crippen molar-refractivity contribution in [3.63, 3.8) is 0 Å². The predicted octanol–water partition coefficient (Wildman–Crippen LogP) is 1.52. The molecule has 0 spiro atoms. The van der Waals surface area contributed by atoms with Crippen molar-refractivity contribution in [2.24, 2.45) is 0 Å². The van der Waals surface area contributed by atoms with Gasteiger partial charge >= 0.3 is 0 Å². The van der Waals surface area contributed by atoms with E-state index in [0.29, 0.717) is 12.4 Å². The van der Waals surface area contributed by atoms with E-state index in [1.807, 2.05) is 24.3 Å². The summed E-state index contributed by atoms with van der Waals surface area (Å²) in [6.07, 6.45) is 1.66. The van der Waals surface area contributed by atoms with E-state index in [1.165, 1.54) is 0 Å². The summed E-state index contributed by atoms with van der Waals surface area (Å²) >= 11 is 0. The lowest BCUT2D eigenvalue weighted by atomic mass is 10.0. The Bertz CT molecular complexity index is 536. The average molecular weight is 229 g/mol. The van der Waals surface area contributed by atoms with Crippen molar-refractivity contribution in [3.05, 3.63) is 42.1 Å². The van der Waals surface area contributed by atoms with Crippen LogP contribution in [0.15, 0.2) is 36.5 Å². The van der Waals surface area contributed by atoms with Crippen LogP contribution in [0, 0.1) is 0 Å². The summed E-state index contributed by atoms with van der Waals surface area (Å²) in [6, 6.07) is 9.29. The first-order chi connectivity index (χ1) is 8.34. The van der Waals surface area contributed by atoms with E-state index in [2.05, 4.69) is 15.5 Å². The maximum atomic E-state index is 12.0. The summed E-state index contributed by atoms with van der Waals surface area (Å²) in [5.41, 5.74) is 0.931. The number of para-hydroxylation sites is 1. The second kappa shape index (κ2) is 3.93. The lowest BCUT2D eigenvalue weighted by Crippen LogP contribution is -2.22. The minimum absolute atomic E-state index is 0.0953. The van der Waals surface area contributed by atoms with Crippen molar-refractivity contribution in [3.8, 4) is 5.75 Å². The van der Waals surface area contributed by atoms with Gasteiger partial charge in [0.15, 0.2) is 5.82 Å². The highest BCUT2D eigenvalue weighted by Gasteiger charge is 2.30. The molecule has 86 valence electrons. The number of ether oxygens (including phenoxy) is 1. The van der Waals surface area contributed by atoms with Gasteiger partial charge in [-0.15, -0.1) is 0 Å². The summed E-state index contributed by atoms with van der Waals surface area (Å²) in [5.74, 6) is 0.957. The summed E-state index contributed by atoms with van der Waals surface area (Å²) in [5, 5.41) is 9.28. The molecule has 0 aliphatic carbocycles. The molecule has 1 aliphatic rings. The van der Waals surface area contributed by atoms with Crippen molar-refractivity contribution >= 4 is 11.7 Å². The van der Waals surface area contributed by atoms with E-state index >= 15 is 0 Å². The lowest BCUT2D eigenvalue weighted by molar-refractivity contribution is -0.117. The molecule has 3 rings (SSSR count). The zero-order chi connectivity index (χ0) is 11.7. The van der Waals surface area contributed by atoms with E-state index < -0.39 is 0 Å². The normalized spacial score (nSPS) is 17.3. The molecule has 17 heavy (non-hydrogen) atoms. The van der Waals surface area contributed by atoms with Gasteiger partial charge in [-0.1, -0.05) is 18.2 Å². The number of anilines is 1. The molecule has 2 heterocycles. The fourth-order valence-electron chi connectivity index (χ4n) is 1.92. The van der Waals surface area contributed by atoms with E-state index in [-0.39, 0.29) is 11.8 Å². The molecule has 2 aromatic rings. The number of hydrogen-bond donors (Lipinski definition) is 2.